The normalized spacial score (nSPS) is 30.0. The van der Waals surface area contributed by atoms with Gasteiger partial charge in [0.1, 0.15) is 0 Å². The van der Waals surface area contributed by atoms with Crippen molar-refractivity contribution in [2.75, 3.05) is 0 Å². The molecule has 3 atom stereocenters. The maximum Gasteiger partial charge on any atom is 0.0829 e. The van der Waals surface area contributed by atoms with Gasteiger partial charge < -0.3 is 5.11 Å². The largest absolute Gasteiger partial charge is 0.388 e. The topological polar surface area (TPSA) is 20.2 Å². The number of aliphatic hydroxyl groups is 1. The second-order valence-electron chi connectivity index (χ2n) is 6.65. The summed E-state index contributed by atoms with van der Waals surface area (Å²) in [5.41, 5.74) is 2.44. The molecule has 2 aromatic rings. The van der Waals surface area contributed by atoms with Crippen LogP contribution in [-0.2, 0) is 0 Å². The van der Waals surface area contributed by atoms with E-state index < -0.39 is 0 Å². The van der Waals surface area contributed by atoms with Crippen LogP contribution in [0.15, 0.2) is 36.4 Å². The zero-order valence-electron chi connectivity index (χ0n) is 12.0. The molecule has 4 rings (SSSR count). The van der Waals surface area contributed by atoms with Crippen LogP contribution in [0.5, 0.6) is 0 Å². The Labute approximate surface area is 120 Å². The Morgan fingerprint density at radius 1 is 0.950 bits per heavy atom. The van der Waals surface area contributed by atoms with Crippen LogP contribution in [0.1, 0.15) is 42.9 Å². The van der Waals surface area contributed by atoms with Crippen LogP contribution < -0.4 is 0 Å². The van der Waals surface area contributed by atoms with Gasteiger partial charge >= 0.3 is 0 Å². The van der Waals surface area contributed by atoms with Gasteiger partial charge in [-0.15, -0.1) is 0 Å². The van der Waals surface area contributed by atoms with Gasteiger partial charge in [0.15, 0.2) is 0 Å². The molecule has 3 unspecified atom stereocenters. The molecule has 20 heavy (non-hydrogen) atoms. The molecular weight excluding hydrogens is 244 g/mol. The zero-order valence-corrected chi connectivity index (χ0v) is 12.0. The third-order valence-electron chi connectivity index (χ3n) is 5.58. The second-order valence-corrected chi connectivity index (χ2v) is 6.65. The summed E-state index contributed by atoms with van der Waals surface area (Å²) in [6.07, 6.45) is 5.11. The van der Waals surface area contributed by atoms with Crippen molar-refractivity contribution in [3.63, 3.8) is 0 Å². The number of benzene rings is 2. The third-order valence-corrected chi connectivity index (χ3v) is 5.58. The number of aryl methyl sites for hydroxylation is 1. The molecule has 0 amide bonds. The fraction of sp³-hybridized carbons (Fsp3) is 0.474. The molecule has 0 radical (unpaired) electrons. The predicted molar refractivity (Wildman–Crippen MR) is 82.6 cm³/mol. The molecule has 1 N–H and O–H groups in total. The molecule has 0 spiro atoms. The lowest BCUT2D eigenvalue weighted by molar-refractivity contribution is 0.143. The van der Waals surface area contributed by atoms with Crippen molar-refractivity contribution in [2.45, 2.75) is 38.7 Å². The fourth-order valence-electron chi connectivity index (χ4n) is 4.45. The number of hydrogen-bond acceptors (Lipinski definition) is 1. The summed E-state index contributed by atoms with van der Waals surface area (Å²) >= 11 is 0. The maximum absolute atomic E-state index is 10.9. The molecule has 2 aliphatic carbocycles. The van der Waals surface area contributed by atoms with E-state index in [4.69, 9.17) is 0 Å². The monoisotopic (exact) mass is 266 g/mol. The van der Waals surface area contributed by atoms with Crippen molar-refractivity contribution >= 4 is 10.8 Å². The van der Waals surface area contributed by atoms with Gasteiger partial charge in [-0.05, 0) is 59.4 Å². The van der Waals surface area contributed by atoms with Crippen LogP contribution in [0, 0.1) is 24.7 Å². The summed E-state index contributed by atoms with van der Waals surface area (Å²) in [5.74, 6) is 2.10. The van der Waals surface area contributed by atoms with E-state index in [9.17, 15) is 5.11 Å². The van der Waals surface area contributed by atoms with Gasteiger partial charge in [0.2, 0.25) is 0 Å². The SMILES string of the molecule is Cc1ccc(C(O)C2C3CCCCC32)c2ccccc12. The molecule has 104 valence electrons. The molecule has 0 bridgehead atoms. The molecule has 1 heteroatoms. The van der Waals surface area contributed by atoms with Crippen molar-refractivity contribution in [3.8, 4) is 0 Å². The summed E-state index contributed by atoms with van der Waals surface area (Å²) in [7, 11) is 0. The lowest BCUT2D eigenvalue weighted by Crippen LogP contribution is -2.03. The average molecular weight is 266 g/mol. The highest BCUT2D eigenvalue weighted by molar-refractivity contribution is 5.88. The Hall–Kier alpha value is -1.34. The molecule has 2 fully saturated rings. The van der Waals surface area contributed by atoms with Crippen LogP contribution in [0.25, 0.3) is 10.8 Å². The van der Waals surface area contributed by atoms with Gasteiger partial charge in [-0.3, -0.25) is 0 Å². The summed E-state index contributed by atoms with van der Waals surface area (Å²) in [6.45, 7) is 2.15. The van der Waals surface area contributed by atoms with E-state index in [0.717, 1.165) is 17.4 Å². The standard InChI is InChI=1S/C19H22O/c1-12-10-11-17(14-7-3-2-6-13(12)14)19(20)18-15-8-4-5-9-16(15)18/h2-3,6-7,10-11,15-16,18-20H,4-5,8-9H2,1H3. The van der Waals surface area contributed by atoms with Crippen LogP contribution in [0.4, 0.5) is 0 Å². The lowest BCUT2D eigenvalue weighted by atomic mass is 9.94. The van der Waals surface area contributed by atoms with Gasteiger partial charge in [-0.2, -0.15) is 0 Å². The van der Waals surface area contributed by atoms with Crippen molar-refractivity contribution in [1.29, 1.82) is 0 Å². The highest BCUT2D eigenvalue weighted by atomic mass is 16.3. The number of hydrogen-bond donors (Lipinski definition) is 1. The first-order valence-corrected chi connectivity index (χ1v) is 7.93. The first-order chi connectivity index (χ1) is 9.77. The summed E-state index contributed by atoms with van der Waals surface area (Å²) in [6, 6.07) is 12.8. The van der Waals surface area contributed by atoms with Crippen molar-refractivity contribution < 1.29 is 5.11 Å². The van der Waals surface area contributed by atoms with Crippen LogP contribution in [-0.4, -0.2) is 5.11 Å². The average Bonchev–Trinajstić information content (AvgIpc) is 3.22. The summed E-state index contributed by atoms with van der Waals surface area (Å²) in [5, 5.41) is 13.4. The molecule has 0 heterocycles. The van der Waals surface area contributed by atoms with E-state index in [-0.39, 0.29) is 6.10 Å². The van der Waals surface area contributed by atoms with Crippen LogP contribution >= 0.6 is 0 Å². The van der Waals surface area contributed by atoms with E-state index in [1.165, 1.54) is 42.0 Å². The highest BCUT2D eigenvalue weighted by Gasteiger charge is 2.54. The molecule has 2 saturated carbocycles. The molecular formula is C19H22O. The van der Waals surface area contributed by atoms with Crippen molar-refractivity contribution in [1.82, 2.24) is 0 Å². The van der Waals surface area contributed by atoms with E-state index >= 15 is 0 Å². The summed E-state index contributed by atoms with van der Waals surface area (Å²) < 4.78 is 0. The smallest absolute Gasteiger partial charge is 0.0829 e. The Balaban J connectivity index is 1.73. The fourth-order valence-corrected chi connectivity index (χ4v) is 4.45. The minimum atomic E-state index is -0.270. The third kappa shape index (κ3) is 1.80. The Morgan fingerprint density at radius 2 is 1.60 bits per heavy atom. The number of fused-ring (bicyclic) bond motifs is 2. The van der Waals surface area contributed by atoms with Gasteiger partial charge in [-0.25, -0.2) is 0 Å². The number of rotatable bonds is 2. The Morgan fingerprint density at radius 3 is 2.30 bits per heavy atom. The van der Waals surface area contributed by atoms with E-state index in [0.29, 0.717) is 5.92 Å². The van der Waals surface area contributed by atoms with E-state index in [1.54, 1.807) is 0 Å². The minimum Gasteiger partial charge on any atom is -0.388 e. The van der Waals surface area contributed by atoms with Gasteiger partial charge in [-0.1, -0.05) is 49.2 Å². The van der Waals surface area contributed by atoms with E-state index in [1.807, 2.05) is 0 Å². The summed E-state index contributed by atoms with van der Waals surface area (Å²) in [4.78, 5) is 0. The van der Waals surface area contributed by atoms with Gasteiger partial charge in [0.25, 0.3) is 0 Å². The second kappa shape index (κ2) is 4.60. The first-order valence-electron chi connectivity index (χ1n) is 7.93. The molecule has 0 saturated heterocycles. The molecule has 1 nitrogen and oxygen atoms in total. The van der Waals surface area contributed by atoms with Crippen molar-refractivity contribution in [3.05, 3.63) is 47.5 Å². The maximum atomic E-state index is 10.9. The molecule has 2 aromatic carbocycles. The zero-order chi connectivity index (χ0) is 13.7. The Bertz CT molecular complexity index is 633. The van der Waals surface area contributed by atoms with Crippen LogP contribution in [0.3, 0.4) is 0 Å². The Kier molecular flexibility index (Phi) is 2.85. The lowest BCUT2D eigenvalue weighted by Gasteiger charge is -2.15. The number of aliphatic hydroxyl groups excluding tert-OH is 1. The van der Waals surface area contributed by atoms with Crippen molar-refractivity contribution in [2.24, 2.45) is 17.8 Å². The van der Waals surface area contributed by atoms with E-state index in [2.05, 4.69) is 43.3 Å². The highest BCUT2D eigenvalue weighted by Crippen LogP contribution is 2.60. The van der Waals surface area contributed by atoms with Crippen LogP contribution in [0.2, 0.25) is 0 Å². The first kappa shape index (κ1) is 12.4. The minimum absolute atomic E-state index is 0.270. The molecule has 2 aliphatic rings. The molecule has 0 aromatic heterocycles. The quantitative estimate of drug-likeness (QED) is 0.841. The predicted octanol–water partition coefficient (Wildman–Crippen LogP) is 4.62. The van der Waals surface area contributed by atoms with Gasteiger partial charge in [0.05, 0.1) is 6.10 Å². The molecule has 0 aliphatic heterocycles. The van der Waals surface area contributed by atoms with Gasteiger partial charge in [0, 0.05) is 0 Å².